The van der Waals surface area contributed by atoms with E-state index in [-0.39, 0.29) is 28.1 Å². The molecule has 0 fully saturated rings. The summed E-state index contributed by atoms with van der Waals surface area (Å²) in [5.41, 5.74) is 2.07. The van der Waals surface area contributed by atoms with E-state index in [0.29, 0.717) is 23.0 Å². The molecule has 0 radical (unpaired) electrons. The first kappa shape index (κ1) is 31.2. The van der Waals surface area contributed by atoms with Crippen molar-refractivity contribution in [2.75, 3.05) is 5.32 Å². The number of halogens is 3. The molecule has 0 aliphatic rings. The summed E-state index contributed by atoms with van der Waals surface area (Å²) in [5, 5.41) is 21.6. The number of hydrogen-bond acceptors (Lipinski definition) is 4. The maximum atomic E-state index is 14.5. The van der Waals surface area contributed by atoms with Gasteiger partial charge in [-0.1, -0.05) is 13.8 Å². The normalized spacial score (nSPS) is 13.8. The van der Waals surface area contributed by atoms with E-state index >= 15 is 0 Å². The monoisotopic (exact) mass is 532 g/mol. The molecule has 5 nitrogen and oxygen atoms in total. The average Bonchev–Trinajstić information content (AvgIpc) is 2.79. The van der Waals surface area contributed by atoms with Crippen molar-refractivity contribution >= 4 is 23.6 Å². The first-order valence-corrected chi connectivity index (χ1v) is 12.5. The first-order valence-electron chi connectivity index (χ1n) is 12.5. The third-order valence-electron chi connectivity index (χ3n) is 8.31. The fourth-order valence-corrected chi connectivity index (χ4v) is 5.77. The number of anilines is 1. The van der Waals surface area contributed by atoms with Crippen molar-refractivity contribution in [3.05, 3.63) is 61.2 Å². The zero-order valence-corrected chi connectivity index (χ0v) is 24.2. The van der Waals surface area contributed by atoms with Crippen molar-refractivity contribution in [1.82, 2.24) is 0 Å². The van der Waals surface area contributed by atoms with Gasteiger partial charge in [0.15, 0.2) is 6.29 Å². The van der Waals surface area contributed by atoms with Crippen LogP contribution in [0.25, 0.3) is 0 Å². The molecule has 0 aromatic heterocycles. The molecule has 208 valence electrons. The number of aldehydes is 1. The van der Waals surface area contributed by atoms with Gasteiger partial charge in [0.1, 0.15) is 0 Å². The van der Waals surface area contributed by atoms with Crippen molar-refractivity contribution in [2.45, 2.75) is 99.8 Å². The quantitative estimate of drug-likeness (QED) is 0.266. The average molecular weight is 533 g/mol. The summed E-state index contributed by atoms with van der Waals surface area (Å²) >= 11 is 0. The Morgan fingerprint density at radius 1 is 0.842 bits per heavy atom. The lowest BCUT2D eigenvalue weighted by Crippen LogP contribution is -2.57. The lowest BCUT2D eigenvalue weighted by molar-refractivity contribution is -0.254. The van der Waals surface area contributed by atoms with E-state index in [1.165, 1.54) is 13.8 Å². The van der Waals surface area contributed by atoms with Gasteiger partial charge >= 0.3 is 6.18 Å². The zero-order valence-electron chi connectivity index (χ0n) is 24.2. The maximum absolute atomic E-state index is 14.5. The van der Waals surface area contributed by atoms with Crippen molar-refractivity contribution in [1.29, 1.82) is 5.41 Å². The number of benzene rings is 2. The van der Waals surface area contributed by atoms with Crippen LogP contribution in [0.1, 0.15) is 93.2 Å². The highest BCUT2D eigenvalue weighted by molar-refractivity contribution is 6.08. The summed E-state index contributed by atoms with van der Waals surface area (Å²) in [6.45, 7) is 18.9. The van der Waals surface area contributed by atoms with Crippen LogP contribution in [-0.4, -0.2) is 34.8 Å². The second kappa shape index (κ2) is 10.3. The van der Waals surface area contributed by atoms with Crippen LogP contribution in [0.2, 0.25) is 0 Å². The molecule has 3 N–H and O–H groups in total. The minimum absolute atomic E-state index is 0.0338. The summed E-state index contributed by atoms with van der Waals surface area (Å²) in [6, 6.07) is 0. The molecule has 38 heavy (non-hydrogen) atoms. The predicted octanol–water partition coefficient (Wildman–Crippen LogP) is 6.95. The minimum atomic E-state index is -5.27. The Morgan fingerprint density at radius 3 is 1.68 bits per heavy atom. The Labute approximate surface area is 223 Å². The number of alkyl halides is 3. The molecule has 8 heteroatoms. The van der Waals surface area contributed by atoms with Crippen molar-refractivity contribution in [3.63, 3.8) is 0 Å². The van der Waals surface area contributed by atoms with Crippen LogP contribution in [0.5, 0.6) is 0 Å². The maximum Gasteiger partial charge on any atom is 0.426 e. The molecule has 0 spiro atoms. The van der Waals surface area contributed by atoms with Gasteiger partial charge in [0.2, 0.25) is 5.60 Å². The SMILES string of the molecule is CC(=N)c1c(C)c(NC(=O)C(O)(CC(C)(C)c2c(C)c(C)c(C)c(C)c2C)C(F)(F)F)c(C)c(C)c1C=O. The van der Waals surface area contributed by atoms with Gasteiger partial charge in [-0.15, -0.1) is 0 Å². The van der Waals surface area contributed by atoms with Crippen LogP contribution in [0.15, 0.2) is 0 Å². The van der Waals surface area contributed by atoms with Crippen molar-refractivity contribution < 1.29 is 27.9 Å². The van der Waals surface area contributed by atoms with E-state index in [1.807, 2.05) is 34.6 Å². The summed E-state index contributed by atoms with van der Waals surface area (Å²) in [7, 11) is 0. The second-order valence-corrected chi connectivity index (χ2v) is 11.2. The molecule has 0 heterocycles. The van der Waals surface area contributed by atoms with Gasteiger partial charge in [-0.2, -0.15) is 13.2 Å². The predicted molar refractivity (Wildman–Crippen MR) is 146 cm³/mol. The molecule has 2 rings (SSSR count). The van der Waals surface area contributed by atoms with E-state index < -0.39 is 29.5 Å². The van der Waals surface area contributed by atoms with Crippen LogP contribution >= 0.6 is 0 Å². The number of amides is 1. The Morgan fingerprint density at radius 2 is 1.29 bits per heavy atom. The van der Waals surface area contributed by atoms with E-state index in [1.54, 1.807) is 27.7 Å². The number of carbonyl (C=O) groups is 2. The van der Waals surface area contributed by atoms with E-state index in [9.17, 15) is 27.9 Å². The smallest absolute Gasteiger partial charge is 0.373 e. The molecule has 0 bridgehead atoms. The van der Waals surface area contributed by atoms with Crippen molar-refractivity contribution in [2.24, 2.45) is 0 Å². The van der Waals surface area contributed by atoms with Gasteiger partial charge in [0, 0.05) is 28.9 Å². The highest BCUT2D eigenvalue weighted by Gasteiger charge is 2.61. The number of aliphatic hydroxyl groups is 1. The molecule has 0 saturated carbocycles. The largest absolute Gasteiger partial charge is 0.426 e. The number of rotatable bonds is 7. The zero-order chi connectivity index (χ0) is 29.7. The highest BCUT2D eigenvalue weighted by atomic mass is 19.4. The van der Waals surface area contributed by atoms with E-state index in [0.717, 1.165) is 27.8 Å². The molecule has 2 aromatic rings. The molecule has 1 amide bonds. The van der Waals surface area contributed by atoms with Crippen LogP contribution in [0.3, 0.4) is 0 Å². The molecule has 1 atom stereocenters. The minimum Gasteiger partial charge on any atom is -0.373 e. The number of hydrogen-bond donors (Lipinski definition) is 3. The number of carbonyl (C=O) groups excluding carboxylic acids is 2. The fraction of sp³-hybridized carbons (Fsp3) is 0.500. The lowest BCUT2D eigenvalue weighted by Gasteiger charge is -2.39. The van der Waals surface area contributed by atoms with Crippen LogP contribution in [0.4, 0.5) is 18.9 Å². The molecule has 2 aromatic carbocycles. The lowest BCUT2D eigenvalue weighted by atomic mass is 9.69. The summed E-state index contributed by atoms with van der Waals surface area (Å²) in [5.74, 6) is -1.60. The van der Waals surface area contributed by atoms with Crippen LogP contribution in [0, 0.1) is 60.8 Å². The summed E-state index contributed by atoms with van der Waals surface area (Å²) in [6.07, 6.45) is -5.58. The first-order chi connectivity index (χ1) is 17.2. The van der Waals surface area contributed by atoms with Crippen LogP contribution < -0.4 is 5.32 Å². The van der Waals surface area contributed by atoms with Gasteiger partial charge in [0.25, 0.3) is 5.91 Å². The van der Waals surface area contributed by atoms with Crippen molar-refractivity contribution in [3.8, 4) is 0 Å². The van der Waals surface area contributed by atoms with Gasteiger partial charge in [-0.25, -0.2) is 0 Å². The molecular formula is C30H39F3N2O3. The summed E-state index contributed by atoms with van der Waals surface area (Å²) < 4.78 is 43.6. The van der Waals surface area contributed by atoms with Gasteiger partial charge in [-0.3, -0.25) is 9.59 Å². The molecule has 0 aliphatic heterocycles. The topological polar surface area (TPSA) is 90.2 Å². The second-order valence-electron chi connectivity index (χ2n) is 11.2. The van der Waals surface area contributed by atoms with Gasteiger partial charge in [0.05, 0.1) is 0 Å². The third kappa shape index (κ3) is 5.03. The fourth-order valence-electron chi connectivity index (χ4n) is 5.77. The Kier molecular flexibility index (Phi) is 8.45. The standard InChI is InChI=1S/C30H39F3N2O3/c1-14-15(2)18(5)25(19(6)16(14)3)28(10,11)13-29(38,30(31,32)33)27(37)35-26-20(7)17(4)23(12-36)24(21(26)8)22(9)34/h12,34,38H,13H2,1-11H3,(H,35,37). The summed E-state index contributed by atoms with van der Waals surface area (Å²) in [4.78, 5) is 25.1. The highest BCUT2D eigenvalue weighted by Crippen LogP contribution is 2.45. The third-order valence-corrected chi connectivity index (χ3v) is 8.31. The molecular weight excluding hydrogens is 493 g/mol. The van der Waals surface area contributed by atoms with Gasteiger partial charge < -0.3 is 15.8 Å². The van der Waals surface area contributed by atoms with E-state index in [4.69, 9.17) is 5.41 Å². The number of nitrogens with one attached hydrogen (secondary N) is 2. The van der Waals surface area contributed by atoms with Crippen LogP contribution in [-0.2, 0) is 10.2 Å². The Balaban J connectivity index is 2.72. The Bertz CT molecular complexity index is 1310. The van der Waals surface area contributed by atoms with Gasteiger partial charge in [-0.05, 0) is 118 Å². The molecule has 0 saturated heterocycles. The van der Waals surface area contributed by atoms with E-state index in [2.05, 4.69) is 5.32 Å². The molecule has 1 unspecified atom stereocenters. The Hall–Kier alpha value is -3.00. The molecule has 0 aliphatic carbocycles.